The van der Waals surface area contributed by atoms with Gasteiger partial charge < -0.3 is 14.0 Å². The Bertz CT molecular complexity index is 1170. The summed E-state index contributed by atoms with van der Waals surface area (Å²) in [7, 11) is 0. The number of hydrogen-bond donors (Lipinski definition) is 0. The van der Waals surface area contributed by atoms with Gasteiger partial charge in [-0.1, -0.05) is 6.07 Å². The fraction of sp³-hybridized carbons (Fsp3) is 0.217. The molecule has 2 aliphatic heterocycles. The van der Waals surface area contributed by atoms with E-state index in [2.05, 4.69) is 27.9 Å². The molecule has 2 aromatic carbocycles. The first-order chi connectivity index (χ1) is 14.1. The van der Waals surface area contributed by atoms with Crippen LogP contribution in [0.15, 0.2) is 48.8 Å². The van der Waals surface area contributed by atoms with Crippen molar-refractivity contribution in [2.45, 2.75) is 33.5 Å². The first kappa shape index (κ1) is 16.4. The van der Waals surface area contributed by atoms with E-state index >= 15 is 0 Å². The normalized spacial score (nSPS) is 13.7. The lowest BCUT2D eigenvalue weighted by molar-refractivity contribution is 0.229. The second kappa shape index (κ2) is 5.98. The number of ether oxygens (including phenoxy) is 2. The maximum atomic E-state index is 6.22. The molecule has 0 fully saturated rings. The van der Waals surface area contributed by atoms with E-state index in [0.717, 1.165) is 64.4 Å². The third-order valence-corrected chi connectivity index (χ3v) is 5.53. The average molecular weight is 384 g/mol. The predicted octanol–water partition coefficient (Wildman–Crippen LogP) is 4.73. The molecule has 0 atom stereocenters. The molecular formula is C23H20N4O2. The molecule has 0 spiro atoms. The molecule has 0 amide bonds. The molecule has 6 nitrogen and oxygen atoms in total. The van der Waals surface area contributed by atoms with Gasteiger partial charge in [0.15, 0.2) is 6.73 Å². The Morgan fingerprint density at radius 2 is 1.55 bits per heavy atom. The van der Waals surface area contributed by atoms with E-state index in [0.29, 0.717) is 6.73 Å². The molecule has 6 heteroatoms. The van der Waals surface area contributed by atoms with Gasteiger partial charge in [-0.15, -0.1) is 0 Å². The van der Waals surface area contributed by atoms with Crippen molar-refractivity contribution >= 4 is 0 Å². The van der Waals surface area contributed by atoms with Gasteiger partial charge >= 0.3 is 0 Å². The summed E-state index contributed by atoms with van der Waals surface area (Å²) in [6.07, 6.45) is 5.12. The number of imidazole rings is 2. The molecule has 4 aromatic rings. The van der Waals surface area contributed by atoms with E-state index in [1.54, 1.807) is 0 Å². The molecule has 0 aliphatic carbocycles. The van der Waals surface area contributed by atoms with Crippen LogP contribution in [-0.2, 0) is 19.7 Å². The number of nitrogens with zero attached hydrogens (tertiary/aromatic N) is 4. The number of benzene rings is 2. The lowest BCUT2D eigenvalue weighted by Crippen LogP contribution is -2.12. The van der Waals surface area contributed by atoms with E-state index in [9.17, 15) is 0 Å². The summed E-state index contributed by atoms with van der Waals surface area (Å²) < 4.78 is 16.3. The summed E-state index contributed by atoms with van der Waals surface area (Å²) in [5.41, 5.74) is 5.43. The van der Waals surface area contributed by atoms with Gasteiger partial charge in [0.2, 0.25) is 0 Å². The summed E-state index contributed by atoms with van der Waals surface area (Å²) in [6.45, 7) is 5.48. The first-order valence-corrected chi connectivity index (χ1v) is 9.80. The Morgan fingerprint density at radius 3 is 2.38 bits per heavy atom. The second-order valence-corrected chi connectivity index (χ2v) is 7.68. The number of hydrogen-bond acceptors (Lipinski definition) is 4. The van der Waals surface area contributed by atoms with Crippen LogP contribution in [0.5, 0.6) is 17.2 Å². The quantitative estimate of drug-likeness (QED) is 0.501. The first-order valence-electron chi connectivity index (χ1n) is 9.80. The Labute approximate surface area is 168 Å². The Balaban J connectivity index is 1.37. The fourth-order valence-electron chi connectivity index (χ4n) is 4.23. The average Bonchev–Trinajstić information content (AvgIpc) is 3.29. The minimum Gasteiger partial charge on any atom is -0.472 e. The molecule has 0 saturated heterocycles. The highest BCUT2D eigenvalue weighted by Crippen LogP contribution is 2.38. The molecule has 0 saturated carbocycles. The summed E-state index contributed by atoms with van der Waals surface area (Å²) >= 11 is 0. The van der Waals surface area contributed by atoms with Crippen molar-refractivity contribution in [3.63, 3.8) is 0 Å². The minimum atomic E-state index is 0.486. The molecule has 0 bridgehead atoms. The zero-order valence-corrected chi connectivity index (χ0v) is 16.3. The lowest BCUT2D eigenvalue weighted by Gasteiger charge is -2.20. The summed E-state index contributed by atoms with van der Waals surface area (Å²) in [5, 5.41) is 0. The van der Waals surface area contributed by atoms with E-state index in [1.807, 2.05) is 48.9 Å². The van der Waals surface area contributed by atoms with Crippen molar-refractivity contribution in [1.29, 1.82) is 0 Å². The van der Waals surface area contributed by atoms with Crippen molar-refractivity contribution in [2.24, 2.45) is 0 Å². The minimum absolute atomic E-state index is 0.486. The van der Waals surface area contributed by atoms with Crippen molar-refractivity contribution in [3.05, 3.63) is 65.7 Å². The monoisotopic (exact) mass is 384 g/mol. The van der Waals surface area contributed by atoms with E-state index in [4.69, 9.17) is 14.5 Å². The topological polar surface area (TPSA) is 54.1 Å². The van der Waals surface area contributed by atoms with Crippen LogP contribution in [0.4, 0.5) is 0 Å². The molecule has 144 valence electrons. The van der Waals surface area contributed by atoms with Crippen molar-refractivity contribution in [1.82, 2.24) is 19.1 Å². The zero-order chi connectivity index (χ0) is 19.5. The third-order valence-electron chi connectivity index (χ3n) is 5.53. The molecule has 4 heterocycles. The molecule has 0 radical (unpaired) electrons. The van der Waals surface area contributed by atoms with E-state index < -0.39 is 0 Å². The number of aryl methyl sites for hydroxylation is 4. The lowest BCUT2D eigenvalue weighted by atomic mass is 10.0. The van der Waals surface area contributed by atoms with Crippen LogP contribution in [0.1, 0.15) is 17.0 Å². The van der Waals surface area contributed by atoms with Crippen LogP contribution in [0.2, 0.25) is 0 Å². The molecule has 2 aromatic heterocycles. The number of rotatable bonds is 2. The highest BCUT2D eigenvalue weighted by atomic mass is 16.5. The van der Waals surface area contributed by atoms with Crippen LogP contribution in [-0.4, -0.2) is 19.1 Å². The SMILES string of the molecule is Cc1cn2c(n1)-c1cc(Oc3ccc4c(c3)-c3nc(C)cn3CO4)ccc1CC2. The summed E-state index contributed by atoms with van der Waals surface area (Å²) in [4.78, 5) is 9.35. The largest absolute Gasteiger partial charge is 0.472 e. The fourth-order valence-corrected chi connectivity index (χ4v) is 4.23. The summed E-state index contributed by atoms with van der Waals surface area (Å²) in [6, 6.07) is 12.2. The van der Waals surface area contributed by atoms with Gasteiger partial charge in [-0.05, 0) is 56.2 Å². The van der Waals surface area contributed by atoms with Crippen LogP contribution >= 0.6 is 0 Å². The second-order valence-electron chi connectivity index (χ2n) is 7.68. The van der Waals surface area contributed by atoms with Crippen LogP contribution < -0.4 is 9.47 Å². The van der Waals surface area contributed by atoms with Gasteiger partial charge in [0.05, 0.1) is 17.0 Å². The molecule has 2 aliphatic rings. The molecule has 0 N–H and O–H groups in total. The van der Waals surface area contributed by atoms with Gasteiger partial charge in [-0.3, -0.25) is 4.57 Å². The van der Waals surface area contributed by atoms with E-state index in [-0.39, 0.29) is 0 Å². The molecule has 6 rings (SSSR count). The smallest absolute Gasteiger partial charge is 0.166 e. The van der Waals surface area contributed by atoms with Crippen LogP contribution in [0.25, 0.3) is 22.8 Å². The van der Waals surface area contributed by atoms with Gasteiger partial charge in [-0.25, -0.2) is 9.97 Å². The van der Waals surface area contributed by atoms with Gasteiger partial charge in [0.1, 0.15) is 28.9 Å². The Hall–Kier alpha value is -3.54. The van der Waals surface area contributed by atoms with Gasteiger partial charge in [0, 0.05) is 24.5 Å². The van der Waals surface area contributed by atoms with Gasteiger partial charge in [-0.2, -0.15) is 0 Å². The molecule has 29 heavy (non-hydrogen) atoms. The Kier molecular flexibility index (Phi) is 3.38. The summed E-state index contributed by atoms with van der Waals surface area (Å²) in [5.74, 6) is 4.33. The highest BCUT2D eigenvalue weighted by Gasteiger charge is 2.21. The highest BCUT2D eigenvalue weighted by molar-refractivity contribution is 5.69. The number of fused-ring (bicyclic) bond motifs is 6. The van der Waals surface area contributed by atoms with E-state index in [1.165, 1.54) is 5.56 Å². The molecular weight excluding hydrogens is 364 g/mol. The molecule has 0 unspecified atom stereocenters. The van der Waals surface area contributed by atoms with Crippen molar-refractivity contribution < 1.29 is 9.47 Å². The third kappa shape index (κ3) is 2.63. The number of aromatic nitrogens is 4. The maximum Gasteiger partial charge on any atom is 0.166 e. The van der Waals surface area contributed by atoms with Gasteiger partial charge in [0.25, 0.3) is 0 Å². The van der Waals surface area contributed by atoms with Crippen LogP contribution in [0, 0.1) is 13.8 Å². The van der Waals surface area contributed by atoms with Crippen molar-refractivity contribution in [2.75, 3.05) is 0 Å². The zero-order valence-electron chi connectivity index (χ0n) is 16.3. The van der Waals surface area contributed by atoms with Crippen LogP contribution in [0.3, 0.4) is 0 Å². The maximum absolute atomic E-state index is 6.22. The van der Waals surface area contributed by atoms with Crippen molar-refractivity contribution in [3.8, 4) is 40.0 Å². The Morgan fingerprint density at radius 1 is 0.862 bits per heavy atom. The standard InChI is InChI=1S/C23H20N4O2/c1-14-11-26-8-7-16-3-4-17(9-19(16)22(26)24-14)29-18-5-6-21-20(10-18)23-25-15(2)12-27(23)13-28-21/h3-6,9-12H,7-8,13H2,1-2H3. The predicted molar refractivity (Wildman–Crippen MR) is 109 cm³/mol.